The van der Waals surface area contributed by atoms with Crippen LogP contribution in [0.4, 0.5) is 5.69 Å². The summed E-state index contributed by atoms with van der Waals surface area (Å²) in [6.07, 6.45) is 0. The van der Waals surface area contributed by atoms with Crippen LogP contribution in [0.2, 0.25) is 0 Å². The van der Waals surface area contributed by atoms with Crippen molar-refractivity contribution in [3.05, 3.63) is 45.5 Å². The van der Waals surface area contributed by atoms with Crippen LogP contribution in [0.25, 0.3) is 10.6 Å². The summed E-state index contributed by atoms with van der Waals surface area (Å²) in [5, 5.41) is 13.3. The van der Waals surface area contributed by atoms with Crippen LogP contribution in [0.1, 0.15) is 5.69 Å². The first-order chi connectivity index (χ1) is 7.72. The highest BCUT2D eigenvalue weighted by Gasteiger charge is 2.16. The third-order valence-corrected chi connectivity index (χ3v) is 3.02. The zero-order valence-corrected chi connectivity index (χ0v) is 9.11. The standard InChI is InChI=1S/C10H9N3O2S/c11-5-7-6-16-10(12-7)8-3-1-2-4-9(8)13(14)15/h1-4,6H,5,11H2. The summed E-state index contributed by atoms with van der Waals surface area (Å²) in [5.74, 6) is 0. The summed E-state index contributed by atoms with van der Waals surface area (Å²) in [4.78, 5) is 14.7. The van der Waals surface area contributed by atoms with Gasteiger partial charge in [-0.3, -0.25) is 10.1 Å². The van der Waals surface area contributed by atoms with Gasteiger partial charge in [-0.1, -0.05) is 12.1 Å². The fourth-order valence-corrected chi connectivity index (χ4v) is 2.20. The Labute approximate surface area is 95.7 Å². The molecule has 2 aromatic rings. The minimum absolute atomic E-state index is 0.0698. The maximum Gasteiger partial charge on any atom is 0.279 e. The van der Waals surface area contributed by atoms with E-state index in [1.165, 1.54) is 17.4 Å². The Morgan fingerprint density at radius 3 is 2.81 bits per heavy atom. The van der Waals surface area contributed by atoms with Crippen molar-refractivity contribution >= 4 is 17.0 Å². The number of nitro benzene ring substituents is 1. The smallest absolute Gasteiger partial charge is 0.279 e. The van der Waals surface area contributed by atoms with E-state index < -0.39 is 4.92 Å². The molecule has 0 saturated carbocycles. The summed E-state index contributed by atoms with van der Waals surface area (Å²) in [6.45, 7) is 0.344. The van der Waals surface area contributed by atoms with Gasteiger partial charge in [0.15, 0.2) is 0 Å². The second kappa shape index (κ2) is 4.38. The summed E-state index contributed by atoms with van der Waals surface area (Å²) in [5.41, 5.74) is 6.81. The van der Waals surface area contributed by atoms with E-state index in [1.807, 2.05) is 5.38 Å². The molecule has 0 amide bonds. The normalized spacial score (nSPS) is 10.3. The van der Waals surface area contributed by atoms with Crippen molar-refractivity contribution < 1.29 is 4.92 Å². The molecule has 0 fully saturated rings. The second-order valence-electron chi connectivity index (χ2n) is 3.12. The molecule has 0 bridgehead atoms. The highest BCUT2D eigenvalue weighted by Crippen LogP contribution is 2.31. The first-order valence-electron chi connectivity index (χ1n) is 4.60. The molecule has 0 saturated heterocycles. The van der Waals surface area contributed by atoms with Crippen LogP contribution in [-0.4, -0.2) is 9.91 Å². The average Bonchev–Trinajstić information content (AvgIpc) is 2.77. The third kappa shape index (κ3) is 1.93. The zero-order chi connectivity index (χ0) is 11.5. The summed E-state index contributed by atoms with van der Waals surface area (Å²) in [7, 11) is 0. The van der Waals surface area contributed by atoms with E-state index >= 15 is 0 Å². The van der Waals surface area contributed by atoms with Crippen LogP contribution in [0.15, 0.2) is 29.6 Å². The third-order valence-electron chi connectivity index (χ3n) is 2.09. The molecule has 0 aliphatic rings. The summed E-state index contributed by atoms with van der Waals surface area (Å²) < 4.78 is 0. The van der Waals surface area contributed by atoms with Gasteiger partial charge in [0, 0.05) is 18.0 Å². The van der Waals surface area contributed by atoms with Gasteiger partial charge >= 0.3 is 0 Å². The van der Waals surface area contributed by atoms with Gasteiger partial charge in [0.1, 0.15) is 5.01 Å². The van der Waals surface area contributed by atoms with E-state index in [2.05, 4.69) is 4.98 Å². The van der Waals surface area contributed by atoms with E-state index in [-0.39, 0.29) is 5.69 Å². The van der Waals surface area contributed by atoms with Gasteiger partial charge < -0.3 is 5.73 Å². The van der Waals surface area contributed by atoms with Crippen LogP contribution >= 0.6 is 11.3 Å². The molecule has 1 aromatic carbocycles. The van der Waals surface area contributed by atoms with Crippen molar-refractivity contribution in [1.82, 2.24) is 4.98 Å². The highest BCUT2D eigenvalue weighted by molar-refractivity contribution is 7.13. The number of para-hydroxylation sites is 1. The van der Waals surface area contributed by atoms with E-state index in [1.54, 1.807) is 18.2 Å². The number of benzene rings is 1. The first-order valence-corrected chi connectivity index (χ1v) is 5.48. The maximum atomic E-state index is 10.8. The number of nitrogens with zero attached hydrogens (tertiary/aromatic N) is 2. The largest absolute Gasteiger partial charge is 0.325 e. The average molecular weight is 235 g/mol. The minimum Gasteiger partial charge on any atom is -0.325 e. The number of nitro groups is 1. The van der Waals surface area contributed by atoms with Gasteiger partial charge in [-0.15, -0.1) is 11.3 Å². The monoisotopic (exact) mass is 235 g/mol. The van der Waals surface area contributed by atoms with Gasteiger partial charge in [0.2, 0.25) is 0 Å². The predicted molar refractivity (Wildman–Crippen MR) is 62.1 cm³/mol. The van der Waals surface area contributed by atoms with Crippen molar-refractivity contribution in [1.29, 1.82) is 0 Å². The number of hydrogen-bond donors (Lipinski definition) is 1. The van der Waals surface area contributed by atoms with E-state index in [0.717, 1.165) is 5.69 Å². The maximum absolute atomic E-state index is 10.8. The Morgan fingerprint density at radius 2 is 2.19 bits per heavy atom. The molecule has 0 aliphatic carbocycles. The van der Waals surface area contributed by atoms with Gasteiger partial charge in [0.05, 0.1) is 16.2 Å². The molecule has 6 heteroatoms. The molecule has 0 atom stereocenters. The number of hydrogen-bond acceptors (Lipinski definition) is 5. The molecule has 0 radical (unpaired) electrons. The number of aromatic nitrogens is 1. The lowest BCUT2D eigenvalue weighted by Crippen LogP contribution is -1.96. The molecule has 5 nitrogen and oxygen atoms in total. The lowest BCUT2D eigenvalue weighted by atomic mass is 10.2. The Bertz CT molecular complexity index is 524. The molecule has 0 unspecified atom stereocenters. The summed E-state index contributed by atoms with van der Waals surface area (Å²) in [6, 6.07) is 6.56. The number of rotatable bonds is 3. The van der Waals surface area contributed by atoms with E-state index in [0.29, 0.717) is 17.1 Å². The van der Waals surface area contributed by atoms with Gasteiger partial charge in [0.25, 0.3) is 5.69 Å². The Balaban J connectivity index is 2.50. The molecule has 16 heavy (non-hydrogen) atoms. The molecule has 1 heterocycles. The molecular weight excluding hydrogens is 226 g/mol. The topological polar surface area (TPSA) is 82.0 Å². The van der Waals surface area contributed by atoms with Crippen LogP contribution in [0.5, 0.6) is 0 Å². The lowest BCUT2D eigenvalue weighted by molar-refractivity contribution is -0.384. The SMILES string of the molecule is NCc1csc(-c2ccccc2[N+](=O)[O-])n1. The van der Waals surface area contributed by atoms with Crippen LogP contribution < -0.4 is 5.73 Å². The Kier molecular flexibility index (Phi) is 2.93. The van der Waals surface area contributed by atoms with Gasteiger partial charge in [-0.2, -0.15) is 0 Å². The minimum atomic E-state index is -0.404. The van der Waals surface area contributed by atoms with E-state index in [9.17, 15) is 10.1 Å². The number of nitrogens with two attached hydrogens (primary N) is 1. The van der Waals surface area contributed by atoms with Crippen LogP contribution in [-0.2, 0) is 6.54 Å². The van der Waals surface area contributed by atoms with Crippen LogP contribution in [0.3, 0.4) is 0 Å². The zero-order valence-electron chi connectivity index (χ0n) is 8.29. The van der Waals surface area contributed by atoms with Crippen molar-refractivity contribution in [3.63, 3.8) is 0 Å². The van der Waals surface area contributed by atoms with Gasteiger partial charge in [-0.25, -0.2) is 4.98 Å². The molecule has 2 rings (SSSR count). The highest BCUT2D eigenvalue weighted by atomic mass is 32.1. The van der Waals surface area contributed by atoms with E-state index in [4.69, 9.17) is 5.73 Å². The summed E-state index contributed by atoms with van der Waals surface area (Å²) >= 11 is 1.36. The number of thiazole rings is 1. The fourth-order valence-electron chi connectivity index (χ4n) is 1.34. The molecule has 1 aromatic heterocycles. The predicted octanol–water partition coefficient (Wildman–Crippen LogP) is 2.18. The first kappa shape index (κ1) is 10.7. The quantitative estimate of drug-likeness (QED) is 0.653. The molecule has 0 spiro atoms. The molecule has 2 N–H and O–H groups in total. The van der Waals surface area contributed by atoms with Crippen LogP contribution in [0, 0.1) is 10.1 Å². The van der Waals surface area contributed by atoms with Crippen molar-refractivity contribution in [2.75, 3.05) is 0 Å². The molecular formula is C10H9N3O2S. The second-order valence-corrected chi connectivity index (χ2v) is 3.98. The van der Waals surface area contributed by atoms with Gasteiger partial charge in [-0.05, 0) is 6.07 Å². The van der Waals surface area contributed by atoms with Crippen molar-refractivity contribution in [2.24, 2.45) is 5.73 Å². The van der Waals surface area contributed by atoms with Crippen molar-refractivity contribution in [2.45, 2.75) is 6.54 Å². The Hall–Kier alpha value is -1.79. The van der Waals surface area contributed by atoms with Crippen molar-refractivity contribution in [3.8, 4) is 10.6 Å². The lowest BCUT2D eigenvalue weighted by Gasteiger charge is -1.97. The molecule has 82 valence electrons. The Morgan fingerprint density at radius 1 is 1.44 bits per heavy atom. The fraction of sp³-hybridized carbons (Fsp3) is 0.100. The molecule has 0 aliphatic heterocycles.